The molecule has 3 aromatic rings. The SMILES string of the molecule is Cc1c(CN(C)C(C)c2ccncn2)[nH]c2ccc(F)cc12. The van der Waals surface area contributed by atoms with Gasteiger partial charge in [-0.05, 0) is 50.7 Å². The summed E-state index contributed by atoms with van der Waals surface area (Å²) in [5, 5.41) is 0.943. The summed E-state index contributed by atoms with van der Waals surface area (Å²) in [4.78, 5) is 13.8. The number of hydrogen-bond acceptors (Lipinski definition) is 3. The maximum Gasteiger partial charge on any atom is 0.123 e. The van der Waals surface area contributed by atoms with Gasteiger partial charge < -0.3 is 4.98 Å². The second-order valence-electron chi connectivity index (χ2n) is 5.64. The Balaban J connectivity index is 1.85. The van der Waals surface area contributed by atoms with E-state index in [0.717, 1.165) is 34.4 Å². The average Bonchev–Trinajstić information content (AvgIpc) is 2.83. The summed E-state index contributed by atoms with van der Waals surface area (Å²) in [6.45, 7) is 4.88. The van der Waals surface area contributed by atoms with E-state index in [2.05, 4.69) is 33.8 Å². The molecule has 3 rings (SSSR count). The van der Waals surface area contributed by atoms with E-state index >= 15 is 0 Å². The second kappa shape index (κ2) is 5.85. The van der Waals surface area contributed by atoms with Gasteiger partial charge in [0.1, 0.15) is 12.1 Å². The Hall–Kier alpha value is -2.27. The van der Waals surface area contributed by atoms with Gasteiger partial charge in [-0.15, -0.1) is 0 Å². The van der Waals surface area contributed by atoms with E-state index in [4.69, 9.17) is 0 Å². The molecule has 0 aliphatic rings. The first-order valence-corrected chi connectivity index (χ1v) is 7.29. The predicted octanol–water partition coefficient (Wildman–Crippen LogP) is 3.60. The number of aromatic amines is 1. The summed E-state index contributed by atoms with van der Waals surface area (Å²) in [6.07, 6.45) is 3.32. The number of nitrogens with one attached hydrogen (secondary N) is 1. The zero-order chi connectivity index (χ0) is 15.7. The lowest BCUT2D eigenvalue weighted by Gasteiger charge is -2.23. The molecule has 0 saturated heterocycles. The minimum Gasteiger partial charge on any atom is -0.357 e. The highest BCUT2D eigenvalue weighted by Gasteiger charge is 2.16. The molecule has 0 spiro atoms. The van der Waals surface area contributed by atoms with Crippen molar-refractivity contribution in [3.8, 4) is 0 Å². The molecule has 0 radical (unpaired) electrons. The maximum atomic E-state index is 13.4. The summed E-state index contributed by atoms with van der Waals surface area (Å²) in [5.74, 6) is -0.205. The fourth-order valence-electron chi connectivity index (χ4n) is 2.67. The largest absolute Gasteiger partial charge is 0.357 e. The standard InChI is InChI=1S/C17H19FN4/c1-11-14-8-13(18)4-5-16(14)21-17(11)9-22(3)12(2)15-6-7-19-10-20-15/h4-8,10,12,21H,9H2,1-3H3. The number of aryl methyl sites for hydroxylation is 1. The number of halogens is 1. The van der Waals surface area contributed by atoms with Crippen molar-refractivity contribution < 1.29 is 4.39 Å². The van der Waals surface area contributed by atoms with Crippen LogP contribution in [0, 0.1) is 12.7 Å². The van der Waals surface area contributed by atoms with Gasteiger partial charge in [0.15, 0.2) is 0 Å². The fraction of sp³-hybridized carbons (Fsp3) is 0.294. The van der Waals surface area contributed by atoms with Crippen molar-refractivity contribution in [3.63, 3.8) is 0 Å². The van der Waals surface area contributed by atoms with E-state index < -0.39 is 0 Å². The zero-order valence-electron chi connectivity index (χ0n) is 13.0. The van der Waals surface area contributed by atoms with Crippen LogP contribution in [0.3, 0.4) is 0 Å². The van der Waals surface area contributed by atoms with Crippen LogP contribution in [0.25, 0.3) is 10.9 Å². The molecule has 22 heavy (non-hydrogen) atoms. The minimum absolute atomic E-state index is 0.172. The van der Waals surface area contributed by atoms with E-state index in [1.165, 1.54) is 6.07 Å². The third-order valence-electron chi connectivity index (χ3n) is 4.23. The molecule has 0 amide bonds. The number of rotatable bonds is 4. The maximum absolute atomic E-state index is 13.4. The van der Waals surface area contributed by atoms with Crippen LogP contribution < -0.4 is 0 Å². The van der Waals surface area contributed by atoms with E-state index in [1.54, 1.807) is 24.7 Å². The van der Waals surface area contributed by atoms with Crippen LogP contribution >= 0.6 is 0 Å². The number of hydrogen-bond donors (Lipinski definition) is 1. The van der Waals surface area contributed by atoms with Crippen LogP contribution in [0.2, 0.25) is 0 Å². The molecule has 4 nitrogen and oxygen atoms in total. The van der Waals surface area contributed by atoms with Crippen LogP contribution in [0.1, 0.15) is 29.9 Å². The van der Waals surface area contributed by atoms with E-state index in [9.17, 15) is 4.39 Å². The van der Waals surface area contributed by atoms with Gasteiger partial charge in [0.05, 0.1) is 5.69 Å². The summed E-state index contributed by atoms with van der Waals surface area (Å²) in [5.41, 5.74) is 4.15. The predicted molar refractivity (Wildman–Crippen MR) is 84.9 cm³/mol. The van der Waals surface area contributed by atoms with Crippen LogP contribution in [-0.4, -0.2) is 26.9 Å². The third kappa shape index (κ3) is 2.72. The minimum atomic E-state index is -0.205. The molecule has 114 valence electrons. The van der Waals surface area contributed by atoms with Gasteiger partial charge in [0, 0.05) is 35.4 Å². The summed E-state index contributed by atoms with van der Waals surface area (Å²) in [7, 11) is 2.05. The topological polar surface area (TPSA) is 44.8 Å². The first-order chi connectivity index (χ1) is 10.6. The van der Waals surface area contributed by atoms with Gasteiger partial charge in [0.25, 0.3) is 0 Å². The smallest absolute Gasteiger partial charge is 0.123 e. The van der Waals surface area contributed by atoms with Crippen molar-refractivity contribution in [3.05, 3.63) is 59.6 Å². The molecule has 0 saturated carbocycles. The summed E-state index contributed by atoms with van der Waals surface area (Å²) in [6, 6.07) is 6.95. The van der Waals surface area contributed by atoms with Crippen molar-refractivity contribution in [2.75, 3.05) is 7.05 Å². The van der Waals surface area contributed by atoms with Gasteiger partial charge in [-0.3, -0.25) is 4.90 Å². The number of H-pyrrole nitrogens is 1. The highest BCUT2D eigenvalue weighted by Crippen LogP contribution is 2.25. The molecule has 0 bridgehead atoms. The number of aromatic nitrogens is 3. The van der Waals surface area contributed by atoms with E-state index in [1.807, 2.05) is 13.0 Å². The Morgan fingerprint density at radius 3 is 2.86 bits per heavy atom. The highest BCUT2D eigenvalue weighted by molar-refractivity contribution is 5.84. The van der Waals surface area contributed by atoms with Crippen LogP contribution in [-0.2, 0) is 6.54 Å². The monoisotopic (exact) mass is 298 g/mol. The van der Waals surface area contributed by atoms with Gasteiger partial charge >= 0.3 is 0 Å². The summed E-state index contributed by atoms with van der Waals surface area (Å²) >= 11 is 0. The molecule has 1 aromatic carbocycles. The zero-order valence-corrected chi connectivity index (χ0v) is 13.0. The van der Waals surface area contributed by atoms with Crippen LogP contribution in [0.5, 0.6) is 0 Å². The van der Waals surface area contributed by atoms with E-state index in [-0.39, 0.29) is 11.9 Å². The number of benzene rings is 1. The number of nitrogens with zero attached hydrogens (tertiary/aromatic N) is 3. The molecule has 1 N–H and O–H groups in total. The van der Waals surface area contributed by atoms with Gasteiger partial charge in [-0.25, -0.2) is 14.4 Å². The molecule has 0 aliphatic carbocycles. The lowest BCUT2D eigenvalue weighted by molar-refractivity contribution is 0.245. The average molecular weight is 298 g/mol. The molecule has 2 aromatic heterocycles. The fourth-order valence-corrected chi connectivity index (χ4v) is 2.67. The first-order valence-electron chi connectivity index (χ1n) is 7.29. The van der Waals surface area contributed by atoms with E-state index in [0.29, 0.717) is 0 Å². The molecule has 0 fully saturated rings. The van der Waals surface area contributed by atoms with Crippen molar-refractivity contribution in [1.29, 1.82) is 0 Å². The lowest BCUT2D eigenvalue weighted by Crippen LogP contribution is -2.23. The molecule has 1 unspecified atom stereocenters. The molecule has 2 heterocycles. The summed E-state index contributed by atoms with van der Waals surface area (Å²) < 4.78 is 13.4. The van der Waals surface area contributed by atoms with Crippen LogP contribution in [0.15, 0.2) is 36.8 Å². The van der Waals surface area contributed by atoms with Gasteiger partial charge in [0.2, 0.25) is 0 Å². The molecular formula is C17H19FN4. The Bertz CT molecular complexity index is 782. The Labute approximate surface area is 129 Å². The lowest BCUT2D eigenvalue weighted by atomic mass is 10.1. The van der Waals surface area contributed by atoms with Gasteiger partial charge in [-0.2, -0.15) is 0 Å². The Kier molecular flexibility index (Phi) is 3.90. The normalized spacial score (nSPS) is 13.0. The van der Waals surface area contributed by atoms with Gasteiger partial charge in [-0.1, -0.05) is 0 Å². The molecule has 5 heteroatoms. The highest BCUT2D eigenvalue weighted by atomic mass is 19.1. The number of fused-ring (bicyclic) bond motifs is 1. The first kappa shape index (κ1) is 14.7. The van der Waals surface area contributed by atoms with Crippen molar-refractivity contribution in [2.24, 2.45) is 0 Å². The van der Waals surface area contributed by atoms with Crippen molar-refractivity contribution in [1.82, 2.24) is 19.9 Å². The Morgan fingerprint density at radius 2 is 2.14 bits per heavy atom. The van der Waals surface area contributed by atoms with Crippen LogP contribution in [0.4, 0.5) is 4.39 Å². The Morgan fingerprint density at radius 1 is 1.32 bits per heavy atom. The van der Waals surface area contributed by atoms with Crippen molar-refractivity contribution >= 4 is 10.9 Å². The molecule has 0 aliphatic heterocycles. The third-order valence-corrected chi connectivity index (χ3v) is 4.23. The van der Waals surface area contributed by atoms with Crippen molar-refractivity contribution in [2.45, 2.75) is 26.4 Å². The quantitative estimate of drug-likeness (QED) is 0.800. The molecular weight excluding hydrogens is 279 g/mol. The molecule has 1 atom stereocenters. The second-order valence-corrected chi connectivity index (χ2v) is 5.64.